The van der Waals surface area contributed by atoms with E-state index in [-0.39, 0.29) is 0 Å². The fraction of sp³-hybridized carbons (Fsp3) is 0. The molecule has 3 aromatic rings. The summed E-state index contributed by atoms with van der Waals surface area (Å²) in [5, 5.41) is 0. The van der Waals surface area contributed by atoms with Crippen LogP contribution in [0.25, 0.3) is 24.3 Å². The number of benzene rings is 1. The molecule has 0 saturated carbocycles. The highest BCUT2D eigenvalue weighted by Gasteiger charge is 1.95. The number of nitrogens with one attached hydrogen (secondary N) is 2. The molecule has 0 aliphatic carbocycles. The van der Waals surface area contributed by atoms with Crippen molar-refractivity contribution in [3.8, 4) is 0 Å². The van der Waals surface area contributed by atoms with Crippen molar-refractivity contribution in [1.29, 1.82) is 0 Å². The van der Waals surface area contributed by atoms with Crippen molar-refractivity contribution in [3.63, 3.8) is 0 Å². The molecule has 0 saturated heterocycles. The molecule has 3 rings (SSSR count). The molecule has 0 amide bonds. The molecule has 0 aliphatic rings. The van der Waals surface area contributed by atoms with Crippen LogP contribution in [0.3, 0.4) is 0 Å². The Labute approximate surface area is 118 Å². The van der Waals surface area contributed by atoms with Gasteiger partial charge in [-0.2, -0.15) is 0 Å². The van der Waals surface area contributed by atoms with Gasteiger partial charge in [-0.25, -0.2) is 0 Å². The predicted molar refractivity (Wildman–Crippen MR) is 85.9 cm³/mol. The molecule has 0 unspecified atom stereocenters. The van der Waals surface area contributed by atoms with E-state index in [2.05, 4.69) is 58.5 Å². The van der Waals surface area contributed by atoms with Gasteiger partial charge in [0.05, 0.1) is 0 Å². The first-order chi connectivity index (χ1) is 9.92. The highest BCUT2D eigenvalue weighted by molar-refractivity contribution is 5.78. The maximum absolute atomic E-state index is 3.17. The maximum Gasteiger partial charge on any atom is 0.0380 e. The highest BCUT2D eigenvalue weighted by atomic mass is 14.7. The number of hydrogen-bond acceptors (Lipinski definition) is 0. The zero-order chi connectivity index (χ0) is 13.6. The van der Waals surface area contributed by atoms with Gasteiger partial charge in [-0.3, -0.25) is 0 Å². The van der Waals surface area contributed by atoms with Crippen LogP contribution in [0.4, 0.5) is 0 Å². The molecular weight excluding hydrogens is 244 g/mol. The Morgan fingerprint density at radius 1 is 0.550 bits per heavy atom. The van der Waals surface area contributed by atoms with Crippen LogP contribution in [-0.2, 0) is 0 Å². The largest absolute Gasteiger partial charge is 0.362 e. The molecule has 0 radical (unpaired) electrons. The highest BCUT2D eigenvalue weighted by Crippen LogP contribution is 2.15. The smallest absolute Gasteiger partial charge is 0.0380 e. The second-order valence-corrected chi connectivity index (χ2v) is 4.55. The number of H-pyrrole nitrogens is 2. The first-order valence-corrected chi connectivity index (χ1v) is 6.64. The fourth-order valence-electron chi connectivity index (χ4n) is 2.07. The van der Waals surface area contributed by atoms with Crippen LogP contribution in [0.15, 0.2) is 60.9 Å². The van der Waals surface area contributed by atoms with Crippen LogP contribution in [0.1, 0.15) is 22.5 Å². The van der Waals surface area contributed by atoms with Gasteiger partial charge in [0, 0.05) is 23.8 Å². The second kappa shape index (κ2) is 5.93. The Balaban J connectivity index is 1.85. The van der Waals surface area contributed by atoms with E-state index in [4.69, 9.17) is 0 Å². The molecule has 20 heavy (non-hydrogen) atoms. The number of hydrogen-bond donors (Lipinski definition) is 2. The molecule has 0 spiro atoms. The minimum atomic E-state index is 1.10. The van der Waals surface area contributed by atoms with E-state index in [1.54, 1.807) is 0 Å². The van der Waals surface area contributed by atoms with Crippen molar-refractivity contribution >= 4 is 24.3 Å². The summed E-state index contributed by atoms with van der Waals surface area (Å²) in [5.74, 6) is 0. The second-order valence-electron chi connectivity index (χ2n) is 4.55. The molecule has 0 atom stereocenters. The molecule has 2 heterocycles. The zero-order valence-corrected chi connectivity index (χ0v) is 11.1. The van der Waals surface area contributed by atoms with Gasteiger partial charge in [-0.05, 0) is 47.5 Å². The molecule has 98 valence electrons. The first kappa shape index (κ1) is 12.3. The van der Waals surface area contributed by atoms with Crippen molar-refractivity contribution in [3.05, 3.63) is 83.4 Å². The van der Waals surface area contributed by atoms with E-state index in [1.165, 1.54) is 11.1 Å². The van der Waals surface area contributed by atoms with Gasteiger partial charge in [0.1, 0.15) is 0 Å². The summed E-state index contributed by atoms with van der Waals surface area (Å²) >= 11 is 0. The SMILES string of the molecule is C(=C\c1ccccc1/C=C/c1ccc[nH]1)/c1ccc[nH]1. The first-order valence-electron chi connectivity index (χ1n) is 6.64. The van der Waals surface area contributed by atoms with E-state index < -0.39 is 0 Å². The lowest BCUT2D eigenvalue weighted by Gasteiger charge is -2.00. The Morgan fingerprint density at radius 3 is 1.45 bits per heavy atom. The summed E-state index contributed by atoms with van der Waals surface area (Å²) in [5.41, 5.74) is 4.61. The average Bonchev–Trinajstić information content (AvgIpc) is 3.17. The number of aromatic amines is 2. The molecule has 0 fully saturated rings. The predicted octanol–water partition coefficient (Wildman–Crippen LogP) is 4.68. The van der Waals surface area contributed by atoms with Crippen LogP contribution in [0, 0.1) is 0 Å². The van der Waals surface area contributed by atoms with Gasteiger partial charge in [0.15, 0.2) is 0 Å². The normalized spacial score (nSPS) is 11.6. The van der Waals surface area contributed by atoms with Crippen molar-refractivity contribution < 1.29 is 0 Å². The lowest BCUT2D eigenvalue weighted by molar-refractivity contribution is 1.38. The number of rotatable bonds is 4. The summed E-state index contributed by atoms with van der Waals surface area (Å²) in [7, 11) is 0. The maximum atomic E-state index is 3.17. The molecule has 0 aliphatic heterocycles. The summed E-state index contributed by atoms with van der Waals surface area (Å²) in [4.78, 5) is 6.34. The standard InChI is InChI=1S/C18H16N2/c1-2-6-16(10-12-18-8-4-14-20-18)15(5-1)9-11-17-7-3-13-19-17/h1-14,19-20H/b11-9+,12-10+. The minimum absolute atomic E-state index is 1.10. The van der Waals surface area contributed by atoms with Gasteiger partial charge < -0.3 is 9.97 Å². The fourth-order valence-corrected chi connectivity index (χ4v) is 2.07. The quantitative estimate of drug-likeness (QED) is 0.682. The van der Waals surface area contributed by atoms with Gasteiger partial charge in [0.2, 0.25) is 0 Å². The van der Waals surface area contributed by atoms with Crippen molar-refractivity contribution in [1.82, 2.24) is 9.97 Å². The van der Waals surface area contributed by atoms with E-state index in [0.29, 0.717) is 0 Å². The molecule has 2 heteroatoms. The van der Waals surface area contributed by atoms with Crippen LogP contribution < -0.4 is 0 Å². The lowest BCUT2D eigenvalue weighted by atomic mass is 10.1. The summed E-state index contributed by atoms with van der Waals surface area (Å²) < 4.78 is 0. The average molecular weight is 260 g/mol. The van der Waals surface area contributed by atoms with Crippen molar-refractivity contribution in [2.24, 2.45) is 0 Å². The van der Waals surface area contributed by atoms with Gasteiger partial charge in [-0.1, -0.05) is 36.4 Å². The third-order valence-electron chi connectivity index (χ3n) is 3.12. The van der Waals surface area contributed by atoms with Crippen molar-refractivity contribution in [2.45, 2.75) is 0 Å². The molecule has 1 aromatic carbocycles. The van der Waals surface area contributed by atoms with E-state index in [1.807, 2.05) is 36.7 Å². The van der Waals surface area contributed by atoms with Gasteiger partial charge >= 0.3 is 0 Å². The Morgan fingerprint density at radius 2 is 1.05 bits per heavy atom. The summed E-state index contributed by atoms with van der Waals surface area (Å²) in [6.45, 7) is 0. The zero-order valence-electron chi connectivity index (χ0n) is 11.1. The Kier molecular flexibility index (Phi) is 3.65. The van der Waals surface area contributed by atoms with E-state index in [0.717, 1.165) is 11.4 Å². The topological polar surface area (TPSA) is 31.6 Å². The molecular formula is C18H16N2. The van der Waals surface area contributed by atoms with Crippen LogP contribution in [0.2, 0.25) is 0 Å². The molecule has 0 bridgehead atoms. The third kappa shape index (κ3) is 2.98. The van der Waals surface area contributed by atoms with Crippen LogP contribution in [0.5, 0.6) is 0 Å². The molecule has 2 nitrogen and oxygen atoms in total. The van der Waals surface area contributed by atoms with Crippen molar-refractivity contribution in [2.75, 3.05) is 0 Å². The molecule has 2 aromatic heterocycles. The van der Waals surface area contributed by atoms with Crippen LogP contribution >= 0.6 is 0 Å². The third-order valence-corrected chi connectivity index (χ3v) is 3.12. The Bertz CT molecular complexity index is 638. The van der Waals surface area contributed by atoms with Crippen LogP contribution in [-0.4, -0.2) is 9.97 Å². The molecule has 2 N–H and O–H groups in total. The van der Waals surface area contributed by atoms with Gasteiger partial charge in [0.25, 0.3) is 0 Å². The van der Waals surface area contributed by atoms with E-state index >= 15 is 0 Å². The Hall–Kier alpha value is -2.74. The van der Waals surface area contributed by atoms with E-state index in [9.17, 15) is 0 Å². The summed E-state index contributed by atoms with van der Waals surface area (Å²) in [6.07, 6.45) is 12.3. The monoisotopic (exact) mass is 260 g/mol. The summed E-state index contributed by atoms with van der Waals surface area (Å²) in [6, 6.07) is 16.4. The number of aromatic nitrogens is 2. The van der Waals surface area contributed by atoms with Gasteiger partial charge in [-0.15, -0.1) is 0 Å². The lowest BCUT2D eigenvalue weighted by Crippen LogP contribution is -1.80. The minimum Gasteiger partial charge on any atom is -0.362 e.